The zero-order chi connectivity index (χ0) is 24.0. The van der Waals surface area contributed by atoms with Gasteiger partial charge in [-0.25, -0.2) is 15.0 Å². The third kappa shape index (κ3) is 5.56. The van der Waals surface area contributed by atoms with Crippen LogP contribution in [0.3, 0.4) is 0 Å². The second-order valence-electron chi connectivity index (χ2n) is 9.04. The number of pyridine rings is 2. The monoisotopic (exact) mass is 469 g/mol. The first-order valence-electron chi connectivity index (χ1n) is 12.4. The van der Waals surface area contributed by atoms with Gasteiger partial charge in [0.25, 0.3) is 0 Å². The molecule has 1 N–H and O–H groups in total. The maximum Gasteiger partial charge on any atom is 0.227 e. The molecule has 0 atom stereocenters. The van der Waals surface area contributed by atoms with E-state index in [-0.39, 0.29) is 0 Å². The Morgan fingerprint density at radius 3 is 2.46 bits per heavy atom. The normalized spacial score (nSPS) is 16.9. The van der Waals surface area contributed by atoms with Crippen molar-refractivity contribution in [1.82, 2.24) is 29.7 Å². The summed E-state index contributed by atoms with van der Waals surface area (Å²) in [6, 6.07) is 10.1. The van der Waals surface area contributed by atoms with Crippen molar-refractivity contribution in [2.75, 3.05) is 56.0 Å². The van der Waals surface area contributed by atoms with Crippen LogP contribution in [0, 0.1) is 11.3 Å². The van der Waals surface area contributed by atoms with E-state index in [2.05, 4.69) is 59.0 Å². The summed E-state index contributed by atoms with van der Waals surface area (Å²) < 4.78 is 0. The van der Waals surface area contributed by atoms with Gasteiger partial charge in [0.15, 0.2) is 0 Å². The molecular weight excluding hydrogens is 438 g/mol. The molecule has 35 heavy (non-hydrogen) atoms. The van der Waals surface area contributed by atoms with Gasteiger partial charge in [0.05, 0.1) is 28.8 Å². The lowest BCUT2D eigenvalue weighted by Gasteiger charge is -2.33. The molecule has 0 spiro atoms. The highest BCUT2D eigenvalue weighted by molar-refractivity contribution is 5.67. The number of piperazine rings is 1. The lowest BCUT2D eigenvalue weighted by atomic mass is 10.1. The third-order valence-electron chi connectivity index (χ3n) is 6.72. The molecule has 3 aromatic rings. The van der Waals surface area contributed by atoms with Gasteiger partial charge in [-0.1, -0.05) is 6.92 Å². The SMILES string of the molecule is CCN1CCN(Cc2ccc(Nc3nccc(-c4cnc(N5CCCC5)c(C#N)c4)n3)cn2)CC1. The van der Waals surface area contributed by atoms with Gasteiger partial charge >= 0.3 is 0 Å². The van der Waals surface area contributed by atoms with E-state index < -0.39 is 0 Å². The predicted molar refractivity (Wildman–Crippen MR) is 136 cm³/mol. The maximum atomic E-state index is 9.67. The molecule has 2 saturated heterocycles. The number of anilines is 3. The molecule has 3 aromatic heterocycles. The molecule has 0 aromatic carbocycles. The Hall–Kier alpha value is -3.61. The molecule has 5 heterocycles. The van der Waals surface area contributed by atoms with Gasteiger partial charge < -0.3 is 15.1 Å². The Bertz CT molecular complexity index is 1170. The van der Waals surface area contributed by atoms with Gasteiger partial charge in [0.1, 0.15) is 11.9 Å². The largest absolute Gasteiger partial charge is 0.356 e. The second-order valence-corrected chi connectivity index (χ2v) is 9.04. The van der Waals surface area contributed by atoms with E-state index in [1.807, 2.05) is 24.4 Å². The summed E-state index contributed by atoms with van der Waals surface area (Å²) in [5.74, 6) is 1.24. The van der Waals surface area contributed by atoms with Crippen molar-refractivity contribution in [3.05, 3.63) is 54.1 Å². The molecule has 0 aliphatic carbocycles. The fourth-order valence-electron chi connectivity index (χ4n) is 4.65. The number of hydrogen-bond acceptors (Lipinski definition) is 9. The van der Waals surface area contributed by atoms with E-state index in [0.29, 0.717) is 11.5 Å². The highest BCUT2D eigenvalue weighted by Crippen LogP contribution is 2.26. The zero-order valence-corrected chi connectivity index (χ0v) is 20.2. The minimum atomic E-state index is 0.481. The van der Waals surface area contributed by atoms with Crippen LogP contribution < -0.4 is 10.2 Å². The van der Waals surface area contributed by atoms with Gasteiger partial charge in [-0.3, -0.25) is 9.88 Å². The molecule has 0 amide bonds. The first-order chi connectivity index (χ1) is 17.2. The number of hydrogen-bond donors (Lipinski definition) is 1. The average molecular weight is 470 g/mol. The molecule has 2 aliphatic rings. The van der Waals surface area contributed by atoms with Gasteiger partial charge in [-0.05, 0) is 43.7 Å². The number of nitrogens with zero attached hydrogens (tertiary/aromatic N) is 8. The minimum Gasteiger partial charge on any atom is -0.356 e. The smallest absolute Gasteiger partial charge is 0.227 e. The molecule has 9 heteroatoms. The first-order valence-corrected chi connectivity index (χ1v) is 12.4. The van der Waals surface area contributed by atoms with E-state index in [1.165, 1.54) is 0 Å². The Morgan fingerprint density at radius 1 is 0.943 bits per heavy atom. The number of likely N-dealkylation sites (N-methyl/N-ethyl adjacent to an activating group) is 1. The lowest BCUT2D eigenvalue weighted by Crippen LogP contribution is -2.45. The van der Waals surface area contributed by atoms with E-state index in [4.69, 9.17) is 0 Å². The highest BCUT2D eigenvalue weighted by atomic mass is 15.3. The molecular formula is C26H31N9. The number of nitrogens with one attached hydrogen (secondary N) is 1. The average Bonchev–Trinajstić information content (AvgIpc) is 3.45. The van der Waals surface area contributed by atoms with Crippen LogP contribution in [0.4, 0.5) is 17.5 Å². The van der Waals surface area contributed by atoms with Crippen LogP contribution >= 0.6 is 0 Å². The van der Waals surface area contributed by atoms with Gasteiger partial charge in [-0.15, -0.1) is 0 Å². The quantitative estimate of drug-likeness (QED) is 0.559. The van der Waals surface area contributed by atoms with Crippen molar-refractivity contribution in [2.24, 2.45) is 0 Å². The summed E-state index contributed by atoms with van der Waals surface area (Å²) in [7, 11) is 0. The van der Waals surface area contributed by atoms with Crippen LogP contribution in [0.5, 0.6) is 0 Å². The zero-order valence-electron chi connectivity index (χ0n) is 20.2. The topological polar surface area (TPSA) is 97.1 Å². The molecule has 0 radical (unpaired) electrons. The Kier molecular flexibility index (Phi) is 7.12. The summed E-state index contributed by atoms with van der Waals surface area (Å²) in [6.45, 7) is 10.5. The minimum absolute atomic E-state index is 0.481. The van der Waals surface area contributed by atoms with E-state index in [0.717, 1.165) is 93.7 Å². The number of nitriles is 1. The van der Waals surface area contributed by atoms with Crippen LogP contribution in [0.1, 0.15) is 31.0 Å². The fourth-order valence-corrected chi connectivity index (χ4v) is 4.65. The third-order valence-corrected chi connectivity index (χ3v) is 6.72. The Balaban J connectivity index is 1.24. The van der Waals surface area contributed by atoms with Gasteiger partial charge in [-0.2, -0.15) is 5.26 Å². The van der Waals surface area contributed by atoms with E-state index in [1.54, 1.807) is 12.4 Å². The van der Waals surface area contributed by atoms with Crippen LogP contribution in [-0.2, 0) is 6.54 Å². The summed E-state index contributed by atoms with van der Waals surface area (Å²) in [6.07, 6.45) is 7.61. The molecule has 2 aliphatic heterocycles. The van der Waals surface area contributed by atoms with E-state index >= 15 is 0 Å². The molecule has 0 bridgehead atoms. The van der Waals surface area contributed by atoms with Crippen molar-refractivity contribution in [2.45, 2.75) is 26.3 Å². The van der Waals surface area contributed by atoms with Gasteiger partial charge in [0.2, 0.25) is 5.95 Å². The van der Waals surface area contributed by atoms with Crippen molar-refractivity contribution < 1.29 is 0 Å². The van der Waals surface area contributed by atoms with Crippen LogP contribution in [0.2, 0.25) is 0 Å². The summed E-state index contributed by atoms with van der Waals surface area (Å²) >= 11 is 0. The van der Waals surface area contributed by atoms with E-state index in [9.17, 15) is 5.26 Å². The highest BCUT2D eigenvalue weighted by Gasteiger charge is 2.18. The number of rotatable bonds is 7. The van der Waals surface area contributed by atoms with Crippen molar-refractivity contribution in [1.29, 1.82) is 5.26 Å². The first kappa shape index (κ1) is 23.1. The molecule has 180 valence electrons. The fraction of sp³-hybridized carbons (Fsp3) is 0.423. The standard InChI is InChI=1S/C26H31N9/c1-2-33-11-13-34(14-12-33)19-23-6-5-22(18-29-23)31-26-28-8-7-24(32-26)21-15-20(16-27)25(30-17-21)35-9-3-4-10-35/h5-8,15,17-18H,2-4,9-14,19H2,1H3,(H,28,31,32). The molecule has 0 unspecified atom stereocenters. The summed E-state index contributed by atoms with van der Waals surface area (Å²) in [4.78, 5) is 25.3. The van der Waals surface area contributed by atoms with Crippen molar-refractivity contribution in [3.8, 4) is 17.3 Å². The van der Waals surface area contributed by atoms with Crippen LogP contribution in [0.15, 0.2) is 42.9 Å². The summed E-state index contributed by atoms with van der Waals surface area (Å²) in [5.41, 5.74) is 3.99. The maximum absolute atomic E-state index is 9.67. The summed E-state index contributed by atoms with van der Waals surface area (Å²) in [5, 5.41) is 12.9. The predicted octanol–water partition coefficient (Wildman–Crippen LogP) is 3.29. The van der Waals surface area contributed by atoms with Crippen LogP contribution in [0.25, 0.3) is 11.3 Å². The van der Waals surface area contributed by atoms with Crippen LogP contribution in [-0.4, -0.2) is 75.5 Å². The molecule has 0 saturated carbocycles. The second kappa shape index (κ2) is 10.8. The van der Waals surface area contributed by atoms with Gasteiger partial charge in [0, 0.05) is 63.8 Å². The van der Waals surface area contributed by atoms with Crippen molar-refractivity contribution in [3.63, 3.8) is 0 Å². The van der Waals surface area contributed by atoms with Crippen molar-refractivity contribution >= 4 is 17.5 Å². The number of aromatic nitrogens is 4. The Morgan fingerprint density at radius 2 is 1.74 bits per heavy atom. The molecule has 9 nitrogen and oxygen atoms in total. The lowest BCUT2D eigenvalue weighted by molar-refractivity contribution is 0.131. The molecule has 2 fully saturated rings. The molecule has 5 rings (SSSR count). The Labute approximate surface area is 206 Å².